The topological polar surface area (TPSA) is 45.2 Å². The van der Waals surface area contributed by atoms with Gasteiger partial charge < -0.3 is 19.3 Å². The number of hydrogen-bond acceptors (Lipinski definition) is 5. The molecule has 6 nitrogen and oxygen atoms in total. The standard InChI is InChI=1S/C26H36FN3O3/c1-28(2)24-10-8-20(9-11-24)15-29-16-22(17-30(12-13-32-3)26(31)19-33-4)25(18-29)21-6-5-7-23(27)14-21/h5-11,14,22,25H,12-13,15-19H2,1-4H3. The molecule has 0 saturated carbocycles. The van der Waals surface area contributed by atoms with Crippen LogP contribution in [0.1, 0.15) is 17.0 Å². The molecular weight excluding hydrogens is 421 g/mol. The Hall–Kier alpha value is -2.48. The first-order valence-electron chi connectivity index (χ1n) is 11.4. The van der Waals surface area contributed by atoms with Crippen LogP contribution in [-0.4, -0.2) is 83.4 Å². The maximum absolute atomic E-state index is 14.0. The Morgan fingerprint density at radius 1 is 1.09 bits per heavy atom. The van der Waals surface area contributed by atoms with Crippen molar-refractivity contribution in [2.45, 2.75) is 12.5 Å². The van der Waals surface area contributed by atoms with Crippen LogP contribution in [0.15, 0.2) is 48.5 Å². The van der Waals surface area contributed by atoms with E-state index in [1.807, 2.05) is 25.1 Å². The molecule has 0 N–H and O–H groups in total. The molecule has 2 atom stereocenters. The Morgan fingerprint density at radius 3 is 2.48 bits per heavy atom. The molecule has 7 heteroatoms. The maximum atomic E-state index is 14.0. The zero-order valence-electron chi connectivity index (χ0n) is 20.2. The minimum absolute atomic E-state index is 0.0446. The second kappa shape index (κ2) is 12.1. The van der Waals surface area contributed by atoms with E-state index < -0.39 is 0 Å². The first kappa shape index (κ1) is 25.1. The lowest BCUT2D eigenvalue weighted by Gasteiger charge is -2.28. The van der Waals surface area contributed by atoms with E-state index in [4.69, 9.17) is 9.47 Å². The summed E-state index contributed by atoms with van der Waals surface area (Å²) < 4.78 is 24.3. The molecule has 1 amide bonds. The fraction of sp³-hybridized carbons (Fsp3) is 0.500. The molecule has 0 aliphatic carbocycles. The number of likely N-dealkylation sites (tertiary alicyclic amines) is 1. The van der Waals surface area contributed by atoms with Gasteiger partial charge in [0.1, 0.15) is 12.4 Å². The lowest BCUT2D eigenvalue weighted by atomic mass is 9.88. The van der Waals surface area contributed by atoms with Gasteiger partial charge in [0, 0.05) is 72.6 Å². The molecule has 2 aromatic rings. The summed E-state index contributed by atoms with van der Waals surface area (Å²) in [6.45, 7) is 4.08. The third-order valence-corrected chi connectivity index (χ3v) is 6.29. The molecule has 1 fully saturated rings. The number of nitrogens with zero attached hydrogens (tertiary/aromatic N) is 3. The summed E-state index contributed by atoms with van der Waals surface area (Å²) in [5, 5.41) is 0. The number of carbonyl (C=O) groups excluding carboxylic acids is 1. The predicted molar refractivity (Wildman–Crippen MR) is 129 cm³/mol. The molecule has 33 heavy (non-hydrogen) atoms. The number of methoxy groups -OCH3 is 2. The summed E-state index contributed by atoms with van der Waals surface area (Å²) in [5.41, 5.74) is 3.39. The molecule has 1 heterocycles. The molecule has 1 aliphatic rings. The van der Waals surface area contributed by atoms with Crippen LogP contribution in [0.5, 0.6) is 0 Å². The van der Waals surface area contributed by atoms with Crippen molar-refractivity contribution in [1.29, 1.82) is 0 Å². The molecule has 2 aromatic carbocycles. The van der Waals surface area contributed by atoms with Crippen LogP contribution in [0.25, 0.3) is 0 Å². The predicted octanol–water partition coefficient (Wildman–Crippen LogP) is 3.23. The number of carbonyl (C=O) groups is 1. The van der Waals surface area contributed by atoms with Gasteiger partial charge >= 0.3 is 0 Å². The first-order chi connectivity index (χ1) is 15.9. The van der Waals surface area contributed by atoms with Crippen LogP contribution in [-0.2, 0) is 20.8 Å². The van der Waals surface area contributed by atoms with E-state index in [-0.39, 0.29) is 30.2 Å². The van der Waals surface area contributed by atoms with Crippen molar-refractivity contribution in [3.63, 3.8) is 0 Å². The first-order valence-corrected chi connectivity index (χ1v) is 11.4. The summed E-state index contributed by atoms with van der Waals surface area (Å²) in [6, 6.07) is 15.4. The normalized spacial score (nSPS) is 18.5. The number of ether oxygens (including phenoxy) is 2. The number of rotatable bonds is 11. The number of amides is 1. The zero-order valence-corrected chi connectivity index (χ0v) is 20.2. The van der Waals surface area contributed by atoms with Crippen LogP contribution in [0.4, 0.5) is 10.1 Å². The summed E-state index contributed by atoms with van der Waals surface area (Å²) in [5.74, 6) is 0.0496. The Kier molecular flexibility index (Phi) is 9.23. The average Bonchev–Trinajstić information content (AvgIpc) is 3.19. The SMILES string of the molecule is COCCN(CC1CN(Cc2ccc(N(C)C)cc2)CC1c1cccc(F)c1)C(=O)COC. The third kappa shape index (κ3) is 7.00. The largest absolute Gasteiger partial charge is 0.383 e. The summed E-state index contributed by atoms with van der Waals surface area (Å²) in [4.78, 5) is 19.0. The van der Waals surface area contributed by atoms with Crippen molar-refractivity contribution in [3.05, 3.63) is 65.5 Å². The van der Waals surface area contributed by atoms with Crippen LogP contribution in [0.2, 0.25) is 0 Å². The minimum Gasteiger partial charge on any atom is -0.383 e. The van der Waals surface area contributed by atoms with Crippen LogP contribution in [0, 0.1) is 11.7 Å². The molecule has 2 unspecified atom stereocenters. The number of hydrogen-bond donors (Lipinski definition) is 0. The van der Waals surface area contributed by atoms with E-state index in [1.165, 1.54) is 24.4 Å². The highest BCUT2D eigenvalue weighted by Crippen LogP contribution is 2.34. The van der Waals surface area contributed by atoms with Gasteiger partial charge in [-0.15, -0.1) is 0 Å². The van der Waals surface area contributed by atoms with Gasteiger partial charge in [-0.05, 0) is 41.3 Å². The van der Waals surface area contributed by atoms with E-state index in [0.29, 0.717) is 19.7 Å². The Bertz CT molecular complexity index is 891. The lowest BCUT2D eigenvalue weighted by Crippen LogP contribution is -2.41. The summed E-state index contributed by atoms with van der Waals surface area (Å²) in [6.07, 6.45) is 0. The fourth-order valence-corrected chi connectivity index (χ4v) is 4.56. The zero-order chi connectivity index (χ0) is 23.8. The highest BCUT2D eigenvalue weighted by Gasteiger charge is 2.35. The molecule has 1 aliphatic heterocycles. The lowest BCUT2D eigenvalue weighted by molar-refractivity contribution is -0.136. The Morgan fingerprint density at radius 2 is 1.85 bits per heavy atom. The highest BCUT2D eigenvalue weighted by molar-refractivity contribution is 5.77. The summed E-state index contributed by atoms with van der Waals surface area (Å²) >= 11 is 0. The Balaban J connectivity index is 1.78. The molecule has 0 bridgehead atoms. The van der Waals surface area contributed by atoms with Gasteiger partial charge in [0.15, 0.2) is 0 Å². The molecule has 180 valence electrons. The molecule has 0 radical (unpaired) electrons. The molecule has 1 saturated heterocycles. The smallest absolute Gasteiger partial charge is 0.248 e. The third-order valence-electron chi connectivity index (χ3n) is 6.29. The van der Waals surface area contributed by atoms with Crippen molar-refractivity contribution in [3.8, 4) is 0 Å². The van der Waals surface area contributed by atoms with Gasteiger partial charge in [0.25, 0.3) is 0 Å². The van der Waals surface area contributed by atoms with Crippen LogP contribution in [0.3, 0.4) is 0 Å². The molecular formula is C26H36FN3O3. The number of halogens is 1. The second-order valence-corrected chi connectivity index (χ2v) is 8.94. The fourth-order valence-electron chi connectivity index (χ4n) is 4.56. The van der Waals surface area contributed by atoms with Gasteiger partial charge in [-0.2, -0.15) is 0 Å². The number of benzene rings is 2. The van der Waals surface area contributed by atoms with Gasteiger partial charge in [-0.1, -0.05) is 24.3 Å². The average molecular weight is 458 g/mol. The van der Waals surface area contributed by atoms with Crippen LogP contribution < -0.4 is 4.90 Å². The van der Waals surface area contributed by atoms with Crippen LogP contribution >= 0.6 is 0 Å². The van der Waals surface area contributed by atoms with Crippen molar-refractivity contribution < 1.29 is 18.7 Å². The van der Waals surface area contributed by atoms with E-state index in [0.717, 1.165) is 25.2 Å². The van der Waals surface area contributed by atoms with E-state index in [1.54, 1.807) is 19.2 Å². The van der Waals surface area contributed by atoms with E-state index in [9.17, 15) is 9.18 Å². The maximum Gasteiger partial charge on any atom is 0.248 e. The van der Waals surface area contributed by atoms with Gasteiger partial charge in [0.2, 0.25) is 5.91 Å². The quantitative estimate of drug-likeness (QED) is 0.519. The van der Waals surface area contributed by atoms with Gasteiger partial charge in [-0.25, -0.2) is 4.39 Å². The highest BCUT2D eigenvalue weighted by atomic mass is 19.1. The van der Waals surface area contributed by atoms with Crippen molar-refractivity contribution in [2.24, 2.45) is 5.92 Å². The monoisotopic (exact) mass is 457 g/mol. The Labute approximate surface area is 196 Å². The van der Waals surface area contributed by atoms with E-state index >= 15 is 0 Å². The van der Waals surface area contributed by atoms with Gasteiger partial charge in [-0.3, -0.25) is 9.69 Å². The minimum atomic E-state index is -0.226. The van der Waals surface area contributed by atoms with E-state index in [2.05, 4.69) is 34.1 Å². The molecule has 3 rings (SSSR count). The second-order valence-electron chi connectivity index (χ2n) is 8.94. The van der Waals surface area contributed by atoms with Crippen molar-refractivity contribution in [2.75, 3.05) is 72.6 Å². The molecule has 0 spiro atoms. The summed E-state index contributed by atoms with van der Waals surface area (Å²) in [7, 11) is 7.22. The van der Waals surface area contributed by atoms with Crippen molar-refractivity contribution in [1.82, 2.24) is 9.80 Å². The number of anilines is 1. The van der Waals surface area contributed by atoms with Gasteiger partial charge in [0.05, 0.1) is 6.61 Å². The van der Waals surface area contributed by atoms with Crippen molar-refractivity contribution >= 4 is 11.6 Å². The molecule has 0 aromatic heterocycles.